The highest BCUT2D eigenvalue weighted by atomic mass is 35.5. The van der Waals surface area contributed by atoms with Crippen molar-refractivity contribution in [3.63, 3.8) is 0 Å². The summed E-state index contributed by atoms with van der Waals surface area (Å²) in [5.41, 5.74) is 1.19. The van der Waals surface area contributed by atoms with Crippen LogP contribution in [0.3, 0.4) is 0 Å². The zero-order chi connectivity index (χ0) is 13.8. The van der Waals surface area contributed by atoms with Gasteiger partial charge in [0, 0.05) is 5.69 Å². The number of nitriles is 1. The van der Waals surface area contributed by atoms with Gasteiger partial charge in [-0.3, -0.25) is 0 Å². The Balaban J connectivity index is 2.26. The van der Waals surface area contributed by atoms with E-state index in [-0.39, 0.29) is 11.3 Å². The average molecular weight is 277 g/mol. The molecule has 0 aliphatic rings. The molecule has 2 aromatic rings. The van der Waals surface area contributed by atoms with E-state index in [1.807, 2.05) is 6.07 Å². The molecule has 0 radical (unpaired) electrons. The average Bonchev–Trinajstić information content (AvgIpc) is 2.41. The zero-order valence-electron chi connectivity index (χ0n) is 10.1. The predicted molar refractivity (Wildman–Crippen MR) is 72.4 cm³/mol. The summed E-state index contributed by atoms with van der Waals surface area (Å²) < 4.78 is 18.7. The lowest BCUT2D eigenvalue weighted by Crippen LogP contribution is -1.95. The molecular formula is C14H10ClFN2O. The van der Waals surface area contributed by atoms with Gasteiger partial charge in [-0.2, -0.15) is 5.26 Å². The molecule has 96 valence electrons. The molecule has 3 nitrogen and oxygen atoms in total. The number of rotatable bonds is 3. The summed E-state index contributed by atoms with van der Waals surface area (Å²) in [6.07, 6.45) is 0. The second-order valence-corrected chi connectivity index (χ2v) is 4.19. The molecule has 0 aromatic heterocycles. The molecule has 2 rings (SSSR count). The summed E-state index contributed by atoms with van der Waals surface area (Å²) in [4.78, 5) is 0. The molecular weight excluding hydrogens is 267 g/mol. The largest absolute Gasteiger partial charge is 0.495 e. The van der Waals surface area contributed by atoms with Gasteiger partial charge in [0.2, 0.25) is 0 Å². The lowest BCUT2D eigenvalue weighted by molar-refractivity contribution is 0.415. The van der Waals surface area contributed by atoms with Gasteiger partial charge < -0.3 is 10.1 Å². The highest BCUT2D eigenvalue weighted by Gasteiger charge is 2.06. The van der Waals surface area contributed by atoms with Gasteiger partial charge in [0.15, 0.2) is 0 Å². The van der Waals surface area contributed by atoms with Crippen molar-refractivity contribution in [2.45, 2.75) is 0 Å². The quantitative estimate of drug-likeness (QED) is 0.918. The summed E-state index contributed by atoms with van der Waals surface area (Å²) >= 11 is 5.98. The first-order valence-corrected chi connectivity index (χ1v) is 5.82. The molecule has 0 fully saturated rings. The number of anilines is 2. The maximum absolute atomic E-state index is 13.7. The zero-order valence-corrected chi connectivity index (χ0v) is 10.8. The number of nitrogens with zero attached hydrogens (tertiary/aromatic N) is 1. The second kappa shape index (κ2) is 5.59. The number of benzene rings is 2. The van der Waals surface area contributed by atoms with Crippen molar-refractivity contribution < 1.29 is 9.13 Å². The molecule has 0 bridgehead atoms. The van der Waals surface area contributed by atoms with Crippen LogP contribution in [0.1, 0.15) is 5.56 Å². The SMILES string of the molecule is COc1ccc(Nc2ccc(C#N)cc2F)cc1Cl. The first-order valence-electron chi connectivity index (χ1n) is 5.44. The van der Waals surface area contributed by atoms with Crippen LogP contribution in [0.2, 0.25) is 5.02 Å². The Kier molecular flexibility index (Phi) is 3.88. The standard InChI is InChI=1S/C14H10ClFN2O/c1-19-14-5-3-10(7-11(14)15)18-13-4-2-9(8-17)6-12(13)16/h2-7,18H,1H3. The van der Waals surface area contributed by atoms with E-state index >= 15 is 0 Å². The second-order valence-electron chi connectivity index (χ2n) is 3.78. The third kappa shape index (κ3) is 2.95. The van der Waals surface area contributed by atoms with Crippen molar-refractivity contribution in [2.24, 2.45) is 0 Å². The van der Waals surface area contributed by atoms with Crippen LogP contribution >= 0.6 is 11.6 Å². The lowest BCUT2D eigenvalue weighted by Gasteiger charge is -2.09. The van der Waals surface area contributed by atoms with Crippen molar-refractivity contribution in [1.82, 2.24) is 0 Å². The van der Waals surface area contributed by atoms with E-state index < -0.39 is 5.82 Å². The maximum atomic E-state index is 13.7. The molecule has 0 heterocycles. The van der Waals surface area contributed by atoms with Crippen LogP contribution in [0.5, 0.6) is 5.75 Å². The molecule has 0 atom stereocenters. The Morgan fingerprint density at radius 1 is 1.26 bits per heavy atom. The van der Waals surface area contributed by atoms with E-state index in [1.54, 1.807) is 18.2 Å². The fourth-order valence-corrected chi connectivity index (χ4v) is 1.84. The highest BCUT2D eigenvalue weighted by molar-refractivity contribution is 6.32. The van der Waals surface area contributed by atoms with E-state index in [0.717, 1.165) is 0 Å². The van der Waals surface area contributed by atoms with Gasteiger partial charge in [0.25, 0.3) is 0 Å². The fourth-order valence-electron chi connectivity index (χ4n) is 1.59. The molecule has 0 saturated heterocycles. The molecule has 5 heteroatoms. The molecule has 2 aromatic carbocycles. The van der Waals surface area contributed by atoms with Gasteiger partial charge in [0.1, 0.15) is 11.6 Å². The Bertz CT molecular complexity index is 652. The first-order chi connectivity index (χ1) is 9.13. The van der Waals surface area contributed by atoms with Gasteiger partial charge >= 0.3 is 0 Å². The van der Waals surface area contributed by atoms with Gasteiger partial charge in [-0.05, 0) is 36.4 Å². The third-order valence-electron chi connectivity index (χ3n) is 2.53. The smallest absolute Gasteiger partial charge is 0.147 e. The van der Waals surface area contributed by atoms with Crippen molar-refractivity contribution in [2.75, 3.05) is 12.4 Å². The molecule has 0 aliphatic heterocycles. The Morgan fingerprint density at radius 2 is 2.05 bits per heavy atom. The molecule has 0 saturated carbocycles. The number of methoxy groups -OCH3 is 1. The van der Waals surface area contributed by atoms with Crippen LogP contribution in [0.25, 0.3) is 0 Å². The summed E-state index contributed by atoms with van der Waals surface area (Å²) in [6.45, 7) is 0. The van der Waals surface area contributed by atoms with Gasteiger partial charge in [0.05, 0.1) is 29.5 Å². The van der Waals surface area contributed by atoms with Crippen LogP contribution in [0.15, 0.2) is 36.4 Å². The minimum Gasteiger partial charge on any atom is -0.495 e. The van der Waals surface area contributed by atoms with Gasteiger partial charge in [-0.25, -0.2) is 4.39 Å². The topological polar surface area (TPSA) is 45.0 Å². The molecule has 0 amide bonds. The van der Waals surface area contributed by atoms with Crippen molar-refractivity contribution in [3.05, 3.63) is 52.8 Å². The molecule has 19 heavy (non-hydrogen) atoms. The lowest BCUT2D eigenvalue weighted by atomic mass is 10.2. The molecule has 0 unspecified atom stereocenters. The third-order valence-corrected chi connectivity index (χ3v) is 2.82. The minimum absolute atomic E-state index is 0.274. The van der Waals surface area contributed by atoms with E-state index in [4.69, 9.17) is 21.6 Å². The predicted octanol–water partition coefficient (Wildman–Crippen LogP) is 4.10. The summed E-state index contributed by atoms with van der Waals surface area (Å²) in [7, 11) is 1.52. The molecule has 1 N–H and O–H groups in total. The van der Waals surface area contributed by atoms with Gasteiger partial charge in [-0.15, -0.1) is 0 Å². The Morgan fingerprint density at radius 3 is 2.63 bits per heavy atom. The van der Waals surface area contributed by atoms with Crippen LogP contribution in [-0.4, -0.2) is 7.11 Å². The number of hydrogen-bond acceptors (Lipinski definition) is 3. The summed E-state index contributed by atoms with van der Waals surface area (Å²) in [6, 6.07) is 11.1. The number of hydrogen-bond donors (Lipinski definition) is 1. The summed E-state index contributed by atoms with van der Waals surface area (Å²) in [5, 5.41) is 12.0. The Hall–Kier alpha value is -2.25. The number of ether oxygens (including phenoxy) is 1. The first kappa shape index (κ1) is 13.2. The van der Waals surface area contributed by atoms with E-state index in [2.05, 4.69) is 5.32 Å². The Labute approximate surface area is 115 Å². The molecule has 0 aliphatic carbocycles. The van der Waals surface area contributed by atoms with E-state index in [1.165, 1.54) is 25.3 Å². The van der Waals surface area contributed by atoms with Gasteiger partial charge in [-0.1, -0.05) is 11.6 Å². The van der Waals surface area contributed by atoms with Crippen molar-refractivity contribution in [1.29, 1.82) is 5.26 Å². The fraction of sp³-hybridized carbons (Fsp3) is 0.0714. The van der Waals surface area contributed by atoms with Crippen LogP contribution in [0, 0.1) is 17.1 Å². The van der Waals surface area contributed by atoms with Crippen LogP contribution in [0.4, 0.5) is 15.8 Å². The molecule has 0 spiro atoms. The highest BCUT2D eigenvalue weighted by Crippen LogP contribution is 2.29. The minimum atomic E-state index is -0.494. The van der Waals surface area contributed by atoms with Crippen LogP contribution in [-0.2, 0) is 0 Å². The monoisotopic (exact) mass is 276 g/mol. The van der Waals surface area contributed by atoms with Crippen LogP contribution < -0.4 is 10.1 Å². The maximum Gasteiger partial charge on any atom is 0.147 e. The normalized spacial score (nSPS) is 9.79. The van der Waals surface area contributed by atoms with Crippen molar-refractivity contribution in [3.8, 4) is 11.8 Å². The van der Waals surface area contributed by atoms with E-state index in [0.29, 0.717) is 16.5 Å². The summed E-state index contributed by atoms with van der Waals surface area (Å²) in [5.74, 6) is 0.0542. The van der Waals surface area contributed by atoms with E-state index in [9.17, 15) is 4.39 Å². The number of halogens is 2. The number of nitrogens with one attached hydrogen (secondary N) is 1. The van der Waals surface area contributed by atoms with Crippen molar-refractivity contribution >= 4 is 23.0 Å².